The number of carbonyl (C=O) groups is 1. The van der Waals surface area contributed by atoms with Gasteiger partial charge in [0.1, 0.15) is 6.33 Å². The molecule has 0 saturated heterocycles. The van der Waals surface area contributed by atoms with E-state index in [-0.39, 0.29) is 0 Å². The van der Waals surface area contributed by atoms with Gasteiger partial charge in [-0.1, -0.05) is 0 Å². The molecule has 10 heavy (non-hydrogen) atoms. The first-order valence-corrected chi connectivity index (χ1v) is 3.08. The molecule has 54 valence electrons. The number of hydrogen-bond acceptors (Lipinski definition) is 2. The second-order valence-corrected chi connectivity index (χ2v) is 1.80. The SMILES string of the molecule is CCN(C=O)n1ccnc1. The van der Waals surface area contributed by atoms with E-state index in [9.17, 15) is 4.79 Å². The van der Waals surface area contributed by atoms with Crippen LogP contribution in [-0.4, -0.2) is 22.6 Å². The Balaban J connectivity index is 2.73. The fourth-order valence-electron chi connectivity index (χ4n) is 0.696. The molecule has 0 spiro atoms. The number of nitrogens with zero attached hydrogens (tertiary/aromatic N) is 3. The van der Waals surface area contributed by atoms with Crippen molar-refractivity contribution < 1.29 is 4.79 Å². The van der Waals surface area contributed by atoms with Gasteiger partial charge in [0.25, 0.3) is 0 Å². The zero-order valence-electron chi connectivity index (χ0n) is 5.77. The first-order chi connectivity index (χ1) is 4.88. The van der Waals surface area contributed by atoms with Crippen molar-refractivity contribution in [1.82, 2.24) is 9.66 Å². The number of aromatic nitrogens is 2. The Bertz CT molecular complexity index is 195. The minimum absolute atomic E-state index is 0.653. The van der Waals surface area contributed by atoms with E-state index in [1.54, 1.807) is 23.4 Å². The first-order valence-electron chi connectivity index (χ1n) is 3.08. The average Bonchev–Trinajstić information content (AvgIpc) is 2.43. The predicted molar refractivity (Wildman–Crippen MR) is 37.0 cm³/mol. The molecule has 0 radical (unpaired) electrons. The second kappa shape index (κ2) is 3.00. The Morgan fingerprint density at radius 1 is 1.80 bits per heavy atom. The van der Waals surface area contributed by atoms with E-state index in [0.29, 0.717) is 6.54 Å². The molecule has 4 nitrogen and oxygen atoms in total. The molecule has 1 aromatic rings. The van der Waals surface area contributed by atoms with Crippen LogP contribution < -0.4 is 5.01 Å². The van der Waals surface area contributed by atoms with Crippen molar-refractivity contribution in [3.63, 3.8) is 0 Å². The fraction of sp³-hybridized carbons (Fsp3) is 0.333. The molecule has 1 heterocycles. The largest absolute Gasteiger partial charge is 0.277 e. The highest BCUT2D eigenvalue weighted by Crippen LogP contribution is 1.85. The molecule has 0 N–H and O–H groups in total. The van der Waals surface area contributed by atoms with E-state index in [1.807, 2.05) is 6.92 Å². The molecular weight excluding hydrogens is 130 g/mol. The summed E-state index contributed by atoms with van der Waals surface area (Å²) in [7, 11) is 0. The summed E-state index contributed by atoms with van der Waals surface area (Å²) in [6.07, 6.45) is 5.70. The van der Waals surface area contributed by atoms with Crippen molar-refractivity contribution >= 4 is 6.41 Å². The molecule has 0 bridgehead atoms. The van der Waals surface area contributed by atoms with Gasteiger partial charge < -0.3 is 0 Å². The van der Waals surface area contributed by atoms with Crippen LogP contribution in [0.25, 0.3) is 0 Å². The molecule has 0 atom stereocenters. The molecule has 1 aromatic heterocycles. The maximum Gasteiger partial charge on any atom is 0.228 e. The van der Waals surface area contributed by atoms with Gasteiger partial charge in [-0.15, -0.1) is 0 Å². The fourth-order valence-corrected chi connectivity index (χ4v) is 0.696. The van der Waals surface area contributed by atoms with Crippen LogP contribution in [0.2, 0.25) is 0 Å². The topological polar surface area (TPSA) is 38.1 Å². The number of rotatable bonds is 3. The molecule has 1 rings (SSSR count). The van der Waals surface area contributed by atoms with E-state index in [4.69, 9.17) is 0 Å². The normalized spacial score (nSPS) is 9.30. The van der Waals surface area contributed by atoms with Crippen molar-refractivity contribution in [3.05, 3.63) is 18.7 Å². The minimum atomic E-state index is 0.653. The summed E-state index contributed by atoms with van der Waals surface area (Å²) in [5.41, 5.74) is 0. The highest BCUT2D eigenvalue weighted by Gasteiger charge is 1.96. The third kappa shape index (κ3) is 1.15. The van der Waals surface area contributed by atoms with Crippen molar-refractivity contribution in [1.29, 1.82) is 0 Å². The summed E-state index contributed by atoms with van der Waals surface area (Å²) in [6.45, 7) is 2.55. The van der Waals surface area contributed by atoms with Crippen LogP contribution in [0, 0.1) is 0 Å². The number of imidazole rings is 1. The van der Waals surface area contributed by atoms with Crippen LogP contribution in [0.5, 0.6) is 0 Å². The van der Waals surface area contributed by atoms with Crippen LogP contribution in [0.4, 0.5) is 0 Å². The summed E-state index contributed by atoms with van der Waals surface area (Å²) in [5, 5.41) is 1.51. The molecule has 1 amide bonds. The van der Waals surface area contributed by atoms with Gasteiger partial charge in [-0.25, -0.2) is 9.66 Å². The van der Waals surface area contributed by atoms with E-state index in [2.05, 4.69) is 4.98 Å². The molecule has 4 heteroatoms. The monoisotopic (exact) mass is 139 g/mol. The lowest BCUT2D eigenvalue weighted by Gasteiger charge is -2.14. The summed E-state index contributed by atoms with van der Waals surface area (Å²) < 4.78 is 1.63. The standard InChI is InChI=1S/C6H9N3O/c1-2-8(6-10)9-4-3-7-5-9/h3-6H,2H2,1H3. The third-order valence-electron chi connectivity index (χ3n) is 1.23. The smallest absolute Gasteiger partial charge is 0.228 e. The molecule has 0 aromatic carbocycles. The highest BCUT2D eigenvalue weighted by molar-refractivity contribution is 5.60. The lowest BCUT2D eigenvalue weighted by molar-refractivity contribution is -0.108. The predicted octanol–water partition coefficient (Wildman–Crippen LogP) is -0.00260. The molecule has 0 aliphatic rings. The minimum Gasteiger partial charge on any atom is -0.277 e. The van der Waals surface area contributed by atoms with Gasteiger partial charge in [0, 0.05) is 18.9 Å². The summed E-state index contributed by atoms with van der Waals surface area (Å²) in [5.74, 6) is 0. The van der Waals surface area contributed by atoms with Crippen LogP contribution in [0.15, 0.2) is 18.7 Å². The van der Waals surface area contributed by atoms with E-state index < -0.39 is 0 Å². The van der Waals surface area contributed by atoms with Crippen LogP contribution in [0.3, 0.4) is 0 Å². The molecule has 0 unspecified atom stereocenters. The van der Waals surface area contributed by atoms with Gasteiger partial charge in [0.2, 0.25) is 6.41 Å². The quantitative estimate of drug-likeness (QED) is 0.553. The van der Waals surface area contributed by atoms with Crippen molar-refractivity contribution in [2.75, 3.05) is 11.6 Å². The summed E-state index contributed by atoms with van der Waals surface area (Å²) in [6, 6.07) is 0. The molecule has 0 saturated carbocycles. The Morgan fingerprint density at radius 2 is 2.60 bits per heavy atom. The zero-order valence-corrected chi connectivity index (χ0v) is 5.77. The second-order valence-electron chi connectivity index (χ2n) is 1.80. The van der Waals surface area contributed by atoms with Crippen molar-refractivity contribution in [3.8, 4) is 0 Å². The zero-order chi connectivity index (χ0) is 7.40. The summed E-state index contributed by atoms with van der Waals surface area (Å²) in [4.78, 5) is 14.1. The molecule has 0 aliphatic heterocycles. The highest BCUT2D eigenvalue weighted by atomic mass is 16.1. The molecule has 0 fully saturated rings. The Hall–Kier alpha value is -1.32. The molecule has 0 aliphatic carbocycles. The van der Waals surface area contributed by atoms with Gasteiger partial charge >= 0.3 is 0 Å². The lowest BCUT2D eigenvalue weighted by Crippen LogP contribution is -2.31. The van der Waals surface area contributed by atoms with Crippen LogP contribution in [0.1, 0.15) is 6.92 Å². The number of amides is 1. The van der Waals surface area contributed by atoms with E-state index >= 15 is 0 Å². The van der Waals surface area contributed by atoms with Crippen molar-refractivity contribution in [2.24, 2.45) is 0 Å². The number of carbonyl (C=O) groups excluding carboxylic acids is 1. The Morgan fingerprint density at radius 3 is 3.00 bits per heavy atom. The van der Waals surface area contributed by atoms with Gasteiger partial charge in [0.05, 0.1) is 0 Å². The Kier molecular flexibility index (Phi) is 2.04. The average molecular weight is 139 g/mol. The van der Waals surface area contributed by atoms with Gasteiger partial charge in [0.15, 0.2) is 0 Å². The number of hydrogen-bond donors (Lipinski definition) is 0. The van der Waals surface area contributed by atoms with Gasteiger partial charge in [-0.3, -0.25) is 9.80 Å². The first kappa shape index (κ1) is 6.80. The maximum atomic E-state index is 10.3. The van der Waals surface area contributed by atoms with E-state index in [1.165, 1.54) is 5.01 Å². The van der Waals surface area contributed by atoms with E-state index in [0.717, 1.165) is 6.41 Å². The van der Waals surface area contributed by atoms with Gasteiger partial charge in [-0.05, 0) is 6.92 Å². The summed E-state index contributed by atoms with van der Waals surface area (Å²) >= 11 is 0. The van der Waals surface area contributed by atoms with Gasteiger partial charge in [-0.2, -0.15) is 0 Å². The van der Waals surface area contributed by atoms with Crippen molar-refractivity contribution in [2.45, 2.75) is 6.92 Å². The lowest BCUT2D eigenvalue weighted by atomic mass is 10.7. The maximum absolute atomic E-state index is 10.3. The van der Waals surface area contributed by atoms with Crippen LogP contribution >= 0.6 is 0 Å². The molecular formula is C6H9N3O. The Labute approximate surface area is 59.1 Å². The van der Waals surface area contributed by atoms with Crippen LogP contribution in [-0.2, 0) is 4.79 Å². The third-order valence-corrected chi connectivity index (χ3v) is 1.23.